The highest BCUT2D eigenvalue weighted by Crippen LogP contribution is 2.49. The van der Waals surface area contributed by atoms with E-state index < -0.39 is 5.60 Å². The summed E-state index contributed by atoms with van der Waals surface area (Å²) in [6, 6.07) is 7.63. The monoisotopic (exact) mass is 319 g/mol. The van der Waals surface area contributed by atoms with E-state index >= 15 is 0 Å². The van der Waals surface area contributed by atoms with Crippen molar-refractivity contribution in [2.24, 2.45) is 5.92 Å². The molecule has 2 aliphatic rings. The zero-order chi connectivity index (χ0) is 16.4. The standard InChI is InChI=1S/C18H25NO4/c1-22-14-8-6-13(7-9-14)16-15-5-3-4-10-18(15,21)11-12-19(16)17(20)23-2/h6-9,15-16,21H,3-5,10-12H2,1-2H3. The average Bonchev–Trinajstić information content (AvgIpc) is 2.59. The lowest BCUT2D eigenvalue weighted by atomic mass is 9.66. The van der Waals surface area contributed by atoms with Crippen LogP contribution in [0.15, 0.2) is 24.3 Å². The minimum Gasteiger partial charge on any atom is -0.497 e. The van der Waals surface area contributed by atoms with E-state index in [9.17, 15) is 9.90 Å². The molecular weight excluding hydrogens is 294 g/mol. The van der Waals surface area contributed by atoms with E-state index in [0.717, 1.165) is 37.0 Å². The van der Waals surface area contributed by atoms with Crippen LogP contribution in [0.5, 0.6) is 5.75 Å². The third-order valence-electron chi connectivity index (χ3n) is 5.43. The van der Waals surface area contributed by atoms with E-state index in [4.69, 9.17) is 9.47 Å². The van der Waals surface area contributed by atoms with Gasteiger partial charge in [0.05, 0.1) is 25.9 Å². The van der Waals surface area contributed by atoms with Crippen LogP contribution < -0.4 is 4.74 Å². The Morgan fingerprint density at radius 1 is 1.22 bits per heavy atom. The van der Waals surface area contributed by atoms with Crippen molar-refractivity contribution in [2.45, 2.75) is 43.7 Å². The van der Waals surface area contributed by atoms with Crippen LogP contribution in [0, 0.1) is 5.92 Å². The third-order valence-corrected chi connectivity index (χ3v) is 5.43. The number of carbonyl (C=O) groups excluding carboxylic acids is 1. The Bertz CT molecular complexity index is 559. The molecule has 0 radical (unpaired) electrons. The van der Waals surface area contributed by atoms with Crippen molar-refractivity contribution in [2.75, 3.05) is 20.8 Å². The molecule has 1 saturated carbocycles. The van der Waals surface area contributed by atoms with Crippen LogP contribution in [-0.4, -0.2) is 42.5 Å². The summed E-state index contributed by atoms with van der Waals surface area (Å²) in [5.41, 5.74) is 0.356. The minimum absolute atomic E-state index is 0.0532. The van der Waals surface area contributed by atoms with Crippen LogP contribution in [0.3, 0.4) is 0 Å². The lowest BCUT2D eigenvalue weighted by Crippen LogP contribution is -2.56. The number of benzene rings is 1. The van der Waals surface area contributed by atoms with Crippen molar-refractivity contribution in [3.8, 4) is 5.75 Å². The molecule has 3 rings (SSSR count). The van der Waals surface area contributed by atoms with Crippen molar-refractivity contribution < 1.29 is 19.4 Å². The molecule has 2 fully saturated rings. The Kier molecular flexibility index (Phi) is 4.48. The smallest absolute Gasteiger partial charge is 0.410 e. The van der Waals surface area contributed by atoms with Gasteiger partial charge < -0.3 is 19.5 Å². The average molecular weight is 319 g/mol. The Morgan fingerprint density at radius 3 is 2.61 bits per heavy atom. The number of piperidine rings is 1. The number of ether oxygens (including phenoxy) is 2. The van der Waals surface area contributed by atoms with Gasteiger partial charge >= 0.3 is 6.09 Å². The molecule has 1 amide bonds. The summed E-state index contributed by atoms with van der Waals surface area (Å²) in [6.45, 7) is 0.524. The van der Waals surface area contributed by atoms with Crippen LogP contribution >= 0.6 is 0 Å². The van der Waals surface area contributed by atoms with Crippen LogP contribution in [0.1, 0.15) is 43.7 Å². The largest absolute Gasteiger partial charge is 0.497 e. The lowest BCUT2D eigenvalue weighted by molar-refractivity contribution is -0.117. The summed E-state index contributed by atoms with van der Waals surface area (Å²) < 4.78 is 10.2. The van der Waals surface area contributed by atoms with Crippen molar-refractivity contribution in [1.82, 2.24) is 4.90 Å². The molecule has 0 bridgehead atoms. The quantitative estimate of drug-likeness (QED) is 0.910. The fourth-order valence-corrected chi connectivity index (χ4v) is 4.22. The molecule has 3 unspecified atom stereocenters. The van der Waals surface area contributed by atoms with Crippen LogP contribution in [-0.2, 0) is 4.74 Å². The Morgan fingerprint density at radius 2 is 1.96 bits per heavy atom. The molecule has 0 spiro atoms. The molecule has 1 aliphatic heterocycles. The number of methoxy groups -OCH3 is 2. The maximum atomic E-state index is 12.2. The first kappa shape index (κ1) is 16.1. The van der Waals surface area contributed by atoms with Crippen molar-refractivity contribution >= 4 is 6.09 Å². The topological polar surface area (TPSA) is 59.0 Å². The van der Waals surface area contributed by atoms with Gasteiger partial charge in [0.2, 0.25) is 0 Å². The number of amides is 1. The Labute approximate surface area is 137 Å². The van der Waals surface area contributed by atoms with E-state index in [1.807, 2.05) is 24.3 Å². The summed E-state index contributed by atoms with van der Waals surface area (Å²) in [4.78, 5) is 14.0. The molecular formula is C18H25NO4. The van der Waals surface area contributed by atoms with Gasteiger partial charge in [0.15, 0.2) is 0 Å². The summed E-state index contributed by atoms with van der Waals surface area (Å²) in [6.07, 6.45) is 4.20. The first-order valence-electron chi connectivity index (χ1n) is 8.30. The maximum absolute atomic E-state index is 12.2. The van der Waals surface area contributed by atoms with Crippen LogP contribution in [0.4, 0.5) is 4.79 Å². The predicted octanol–water partition coefficient (Wildman–Crippen LogP) is 3.13. The van der Waals surface area contributed by atoms with Crippen LogP contribution in [0.2, 0.25) is 0 Å². The molecule has 1 N–H and O–H groups in total. The van der Waals surface area contributed by atoms with Gasteiger partial charge in [0.1, 0.15) is 5.75 Å². The Balaban J connectivity index is 1.98. The third kappa shape index (κ3) is 2.90. The summed E-state index contributed by atoms with van der Waals surface area (Å²) in [7, 11) is 3.05. The fourth-order valence-electron chi connectivity index (χ4n) is 4.22. The first-order chi connectivity index (χ1) is 11.1. The van der Waals surface area contributed by atoms with Gasteiger partial charge in [-0.3, -0.25) is 0 Å². The van der Waals surface area contributed by atoms with Gasteiger partial charge in [-0.15, -0.1) is 0 Å². The molecule has 1 heterocycles. The number of aliphatic hydroxyl groups is 1. The first-order valence-corrected chi connectivity index (χ1v) is 8.30. The number of carbonyl (C=O) groups is 1. The van der Waals surface area contributed by atoms with E-state index in [-0.39, 0.29) is 18.1 Å². The summed E-state index contributed by atoms with van der Waals surface area (Å²) >= 11 is 0. The zero-order valence-electron chi connectivity index (χ0n) is 13.8. The maximum Gasteiger partial charge on any atom is 0.410 e. The van der Waals surface area contributed by atoms with Gasteiger partial charge in [0.25, 0.3) is 0 Å². The molecule has 3 atom stereocenters. The molecule has 126 valence electrons. The van der Waals surface area contributed by atoms with Crippen molar-refractivity contribution in [3.05, 3.63) is 29.8 Å². The molecule has 0 aromatic heterocycles. The number of hydrogen-bond acceptors (Lipinski definition) is 4. The number of hydrogen-bond donors (Lipinski definition) is 1. The van der Waals surface area contributed by atoms with Gasteiger partial charge in [-0.25, -0.2) is 4.79 Å². The highest BCUT2D eigenvalue weighted by molar-refractivity contribution is 5.68. The SMILES string of the molecule is COC(=O)N1CCC2(O)CCCCC2C1c1ccc(OC)cc1. The van der Waals surface area contributed by atoms with Gasteiger partial charge in [0, 0.05) is 12.5 Å². The molecule has 1 aromatic rings. The predicted molar refractivity (Wildman–Crippen MR) is 86.4 cm³/mol. The van der Waals surface area contributed by atoms with Crippen molar-refractivity contribution in [3.63, 3.8) is 0 Å². The number of rotatable bonds is 2. The van der Waals surface area contributed by atoms with E-state index in [1.165, 1.54) is 7.11 Å². The molecule has 5 heteroatoms. The van der Waals surface area contributed by atoms with Gasteiger partial charge in [-0.1, -0.05) is 25.0 Å². The summed E-state index contributed by atoms with van der Waals surface area (Å²) in [5.74, 6) is 0.838. The van der Waals surface area contributed by atoms with E-state index in [0.29, 0.717) is 13.0 Å². The number of nitrogens with zero attached hydrogens (tertiary/aromatic N) is 1. The zero-order valence-corrected chi connectivity index (χ0v) is 13.8. The number of likely N-dealkylation sites (tertiary alicyclic amines) is 1. The molecule has 1 aromatic carbocycles. The van der Waals surface area contributed by atoms with Crippen LogP contribution in [0.25, 0.3) is 0 Å². The highest BCUT2D eigenvalue weighted by atomic mass is 16.5. The van der Waals surface area contributed by atoms with Gasteiger partial charge in [-0.2, -0.15) is 0 Å². The Hall–Kier alpha value is -1.75. The second-order valence-electron chi connectivity index (χ2n) is 6.59. The molecule has 5 nitrogen and oxygen atoms in total. The number of fused-ring (bicyclic) bond motifs is 1. The minimum atomic E-state index is -0.673. The molecule has 23 heavy (non-hydrogen) atoms. The molecule has 1 saturated heterocycles. The summed E-state index contributed by atoms with van der Waals surface area (Å²) in [5, 5.41) is 11.1. The van der Waals surface area contributed by atoms with E-state index in [2.05, 4.69) is 0 Å². The van der Waals surface area contributed by atoms with Gasteiger partial charge in [-0.05, 0) is 37.0 Å². The highest BCUT2D eigenvalue weighted by Gasteiger charge is 2.50. The fraction of sp³-hybridized carbons (Fsp3) is 0.611. The van der Waals surface area contributed by atoms with Crippen molar-refractivity contribution in [1.29, 1.82) is 0 Å². The normalized spacial score (nSPS) is 30.5. The van der Waals surface area contributed by atoms with E-state index in [1.54, 1.807) is 12.0 Å². The molecule has 1 aliphatic carbocycles. The lowest BCUT2D eigenvalue weighted by Gasteiger charge is -2.52. The second kappa shape index (κ2) is 6.40. The second-order valence-corrected chi connectivity index (χ2v) is 6.59.